The number of benzene rings is 2. The summed E-state index contributed by atoms with van der Waals surface area (Å²) in [4.78, 5) is 12.3. The smallest absolute Gasteiger partial charge is 0.411 e. The largest absolute Gasteiger partial charge is 0.490 e. The molecule has 3 fully saturated rings. The van der Waals surface area contributed by atoms with Gasteiger partial charge in [0.15, 0.2) is 0 Å². The van der Waals surface area contributed by atoms with Crippen LogP contribution in [-0.2, 0) is 9.47 Å². The molecule has 1 amide bonds. The van der Waals surface area contributed by atoms with Crippen LogP contribution in [0.2, 0.25) is 0 Å². The van der Waals surface area contributed by atoms with E-state index in [-0.39, 0.29) is 23.8 Å². The summed E-state index contributed by atoms with van der Waals surface area (Å²) >= 11 is 0. The van der Waals surface area contributed by atoms with Crippen LogP contribution in [0.15, 0.2) is 42.5 Å². The van der Waals surface area contributed by atoms with Crippen molar-refractivity contribution in [1.82, 2.24) is 4.57 Å². The molecule has 1 aliphatic heterocycles. The van der Waals surface area contributed by atoms with Gasteiger partial charge in [0.1, 0.15) is 18.0 Å². The molecule has 1 unspecified atom stereocenters. The zero-order chi connectivity index (χ0) is 26.2. The first-order valence-corrected chi connectivity index (χ1v) is 13.8. The van der Waals surface area contributed by atoms with Crippen LogP contribution in [0.5, 0.6) is 5.75 Å². The second-order valence-electron chi connectivity index (χ2n) is 10.8. The van der Waals surface area contributed by atoms with Crippen LogP contribution in [0.4, 0.5) is 19.3 Å². The normalized spacial score (nSPS) is 19.4. The lowest BCUT2D eigenvalue weighted by molar-refractivity contribution is 0.0256. The summed E-state index contributed by atoms with van der Waals surface area (Å²) in [6.07, 6.45) is 3.65. The number of rotatable bonds is 8. The van der Waals surface area contributed by atoms with E-state index >= 15 is 0 Å². The Balaban J connectivity index is 1.33. The third kappa shape index (κ3) is 5.10. The third-order valence-corrected chi connectivity index (χ3v) is 8.13. The van der Waals surface area contributed by atoms with Gasteiger partial charge < -0.3 is 18.8 Å². The van der Waals surface area contributed by atoms with Crippen molar-refractivity contribution in [2.45, 2.75) is 76.5 Å². The Morgan fingerprint density at radius 2 is 1.76 bits per heavy atom. The Labute approximate surface area is 221 Å². The minimum absolute atomic E-state index is 0.0443. The Morgan fingerprint density at radius 1 is 1.03 bits per heavy atom. The first-order chi connectivity index (χ1) is 18.5. The van der Waals surface area contributed by atoms with Gasteiger partial charge in [0.05, 0.1) is 30.0 Å². The van der Waals surface area contributed by atoms with Crippen molar-refractivity contribution in [3.8, 4) is 17.0 Å². The van der Waals surface area contributed by atoms with Crippen molar-refractivity contribution >= 4 is 22.7 Å². The van der Waals surface area contributed by atoms with E-state index in [1.807, 2.05) is 13.0 Å². The number of amides is 1. The van der Waals surface area contributed by atoms with Gasteiger partial charge >= 0.3 is 6.09 Å². The Morgan fingerprint density at radius 3 is 2.39 bits per heavy atom. The van der Waals surface area contributed by atoms with Crippen LogP contribution in [0.1, 0.15) is 69.9 Å². The molecule has 2 aliphatic carbocycles. The first-order valence-electron chi connectivity index (χ1n) is 13.8. The van der Waals surface area contributed by atoms with E-state index in [2.05, 4.69) is 9.88 Å². The van der Waals surface area contributed by atoms with Crippen molar-refractivity contribution in [2.24, 2.45) is 5.92 Å². The molecular weight excluding hydrogens is 490 g/mol. The molecular formula is C30H34F2N2O4. The fraction of sp³-hybridized carbons (Fsp3) is 0.500. The van der Waals surface area contributed by atoms with Gasteiger partial charge in [0.25, 0.3) is 6.43 Å². The van der Waals surface area contributed by atoms with E-state index in [0.29, 0.717) is 47.2 Å². The highest BCUT2D eigenvalue weighted by molar-refractivity contribution is 5.94. The molecule has 6 nitrogen and oxygen atoms in total. The lowest BCUT2D eigenvalue weighted by atomic mass is 9.92. The molecule has 8 heteroatoms. The zero-order valence-corrected chi connectivity index (χ0v) is 21.6. The SMILES string of the molecule is CC(OC(=O)Nc1ccc(-c2c(C(F)F)c3ccc(OC4CCOCC4)cc3n2C2CCC2)cc1)C1CC1. The summed E-state index contributed by atoms with van der Waals surface area (Å²) < 4.78 is 48.5. The number of nitrogens with one attached hydrogen (secondary N) is 1. The third-order valence-electron chi connectivity index (χ3n) is 8.13. The second-order valence-corrected chi connectivity index (χ2v) is 10.8. The number of ether oxygens (including phenoxy) is 3. The van der Waals surface area contributed by atoms with E-state index in [1.54, 1.807) is 36.4 Å². The molecule has 3 aromatic rings. The summed E-state index contributed by atoms with van der Waals surface area (Å²) in [6, 6.07) is 12.8. The van der Waals surface area contributed by atoms with Crippen LogP contribution in [0.25, 0.3) is 22.2 Å². The predicted molar refractivity (Wildman–Crippen MR) is 142 cm³/mol. The molecule has 0 bridgehead atoms. The van der Waals surface area contributed by atoms with Gasteiger partial charge in [0.2, 0.25) is 0 Å². The molecule has 2 saturated carbocycles. The monoisotopic (exact) mass is 524 g/mol. The fourth-order valence-electron chi connectivity index (χ4n) is 5.60. The van der Waals surface area contributed by atoms with Gasteiger partial charge in [-0.1, -0.05) is 12.1 Å². The highest BCUT2D eigenvalue weighted by atomic mass is 19.3. The maximum Gasteiger partial charge on any atom is 0.411 e. The quantitative estimate of drug-likeness (QED) is 0.326. The van der Waals surface area contributed by atoms with E-state index < -0.39 is 12.5 Å². The summed E-state index contributed by atoms with van der Waals surface area (Å²) in [5, 5.41) is 3.32. The average Bonchev–Trinajstić information content (AvgIpc) is 3.68. The summed E-state index contributed by atoms with van der Waals surface area (Å²) in [5.41, 5.74) is 2.63. The number of hydrogen-bond donors (Lipinski definition) is 1. The number of hydrogen-bond acceptors (Lipinski definition) is 4. The highest BCUT2D eigenvalue weighted by Crippen LogP contribution is 2.46. The number of anilines is 1. The molecule has 1 saturated heterocycles. The standard InChI is InChI=1S/C30H34F2N2O4/c1-18(19-5-6-19)37-30(35)33-21-9-7-20(8-10-21)28-27(29(31)32)25-12-11-24(38-23-13-15-36-16-14-23)17-26(25)34(28)22-3-2-4-22/h7-12,17-19,22-23,29H,2-6,13-16H2,1H3,(H,33,35). The van der Waals surface area contributed by atoms with Crippen LogP contribution in [0, 0.1) is 5.92 Å². The molecule has 3 aliphatic rings. The van der Waals surface area contributed by atoms with Gasteiger partial charge in [0, 0.05) is 36.0 Å². The highest BCUT2D eigenvalue weighted by Gasteiger charge is 2.32. The fourth-order valence-corrected chi connectivity index (χ4v) is 5.60. The molecule has 2 heterocycles. The number of carbonyl (C=O) groups excluding carboxylic acids is 1. The van der Waals surface area contributed by atoms with Crippen LogP contribution < -0.4 is 10.1 Å². The van der Waals surface area contributed by atoms with Crippen LogP contribution >= 0.6 is 0 Å². The molecule has 38 heavy (non-hydrogen) atoms. The van der Waals surface area contributed by atoms with Crippen molar-refractivity contribution in [1.29, 1.82) is 0 Å². The number of aromatic nitrogens is 1. The zero-order valence-electron chi connectivity index (χ0n) is 21.6. The van der Waals surface area contributed by atoms with E-state index in [1.165, 1.54) is 0 Å². The molecule has 1 N–H and O–H groups in total. The van der Waals surface area contributed by atoms with Crippen molar-refractivity contribution in [2.75, 3.05) is 18.5 Å². The minimum Gasteiger partial charge on any atom is -0.490 e. The lowest BCUT2D eigenvalue weighted by Crippen LogP contribution is -2.25. The topological polar surface area (TPSA) is 61.7 Å². The van der Waals surface area contributed by atoms with Gasteiger partial charge in [-0.2, -0.15) is 0 Å². The van der Waals surface area contributed by atoms with Crippen molar-refractivity contribution in [3.63, 3.8) is 0 Å². The number of nitrogens with zero attached hydrogens (tertiary/aromatic N) is 1. The van der Waals surface area contributed by atoms with E-state index in [0.717, 1.165) is 50.5 Å². The average molecular weight is 525 g/mol. The maximum absolute atomic E-state index is 14.6. The van der Waals surface area contributed by atoms with E-state index in [9.17, 15) is 13.6 Å². The van der Waals surface area contributed by atoms with Crippen LogP contribution in [0.3, 0.4) is 0 Å². The Bertz CT molecular complexity index is 1290. The molecule has 202 valence electrons. The second kappa shape index (κ2) is 10.6. The van der Waals surface area contributed by atoms with E-state index in [4.69, 9.17) is 14.2 Å². The van der Waals surface area contributed by atoms with Crippen molar-refractivity contribution in [3.05, 3.63) is 48.0 Å². The number of alkyl halides is 2. The molecule has 0 spiro atoms. The lowest BCUT2D eigenvalue weighted by Gasteiger charge is -2.30. The molecule has 2 aromatic carbocycles. The number of fused-ring (bicyclic) bond motifs is 1. The van der Waals surface area contributed by atoms with Crippen molar-refractivity contribution < 1.29 is 27.8 Å². The predicted octanol–water partition coefficient (Wildman–Crippen LogP) is 7.88. The minimum atomic E-state index is -2.63. The van der Waals surface area contributed by atoms with Gasteiger partial charge in [-0.15, -0.1) is 0 Å². The summed E-state index contributed by atoms with van der Waals surface area (Å²) in [5.74, 6) is 1.15. The first kappa shape index (κ1) is 25.2. The number of halogens is 2. The Kier molecular flexibility index (Phi) is 6.99. The van der Waals surface area contributed by atoms with Gasteiger partial charge in [-0.05, 0) is 74.8 Å². The molecule has 0 radical (unpaired) electrons. The maximum atomic E-state index is 14.6. The van der Waals surface area contributed by atoms with Gasteiger partial charge in [-0.25, -0.2) is 13.6 Å². The summed E-state index contributed by atoms with van der Waals surface area (Å²) in [6.45, 7) is 3.26. The molecule has 1 aromatic heterocycles. The van der Waals surface area contributed by atoms with Crippen LogP contribution in [-0.4, -0.2) is 36.1 Å². The summed E-state index contributed by atoms with van der Waals surface area (Å²) in [7, 11) is 0. The Hall–Kier alpha value is -3.13. The number of carbonyl (C=O) groups is 1. The molecule has 6 rings (SSSR count). The van der Waals surface area contributed by atoms with Gasteiger partial charge in [-0.3, -0.25) is 5.32 Å². The molecule has 1 atom stereocenters.